The Bertz CT molecular complexity index is 421. The van der Waals surface area contributed by atoms with Gasteiger partial charge in [0, 0.05) is 31.7 Å². The van der Waals surface area contributed by atoms with Crippen LogP contribution < -0.4 is 10.2 Å². The van der Waals surface area contributed by atoms with Crippen LogP contribution in [0.3, 0.4) is 0 Å². The molecule has 0 amide bonds. The molecule has 0 radical (unpaired) electrons. The summed E-state index contributed by atoms with van der Waals surface area (Å²) in [6, 6.07) is 0. The molecule has 0 saturated carbocycles. The molecular formula is C15H27N5. The van der Waals surface area contributed by atoms with Crippen LogP contribution in [0.15, 0.2) is 6.33 Å². The van der Waals surface area contributed by atoms with Crippen molar-refractivity contribution in [3.05, 3.63) is 11.9 Å². The number of rotatable bonds is 5. The molecule has 1 aromatic heterocycles. The van der Waals surface area contributed by atoms with Gasteiger partial charge in [0.25, 0.3) is 0 Å². The topological polar surface area (TPSA) is 44.3 Å². The third-order valence-corrected chi connectivity index (χ3v) is 3.84. The zero-order valence-electron chi connectivity index (χ0n) is 13.0. The number of likely N-dealkylation sites (N-methyl/N-ethyl adjacent to an activating group) is 1. The van der Waals surface area contributed by atoms with Gasteiger partial charge >= 0.3 is 0 Å². The van der Waals surface area contributed by atoms with Crippen molar-refractivity contribution in [1.82, 2.24) is 14.9 Å². The van der Waals surface area contributed by atoms with Gasteiger partial charge in [-0.3, -0.25) is 0 Å². The van der Waals surface area contributed by atoms with Gasteiger partial charge in [0.15, 0.2) is 0 Å². The van der Waals surface area contributed by atoms with Gasteiger partial charge in [-0.1, -0.05) is 13.8 Å². The van der Waals surface area contributed by atoms with Crippen LogP contribution >= 0.6 is 0 Å². The van der Waals surface area contributed by atoms with Gasteiger partial charge in [-0.05, 0) is 32.9 Å². The lowest BCUT2D eigenvalue weighted by molar-refractivity contribution is 0.360. The van der Waals surface area contributed by atoms with E-state index in [2.05, 4.69) is 46.0 Å². The van der Waals surface area contributed by atoms with Crippen LogP contribution in [0, 0.1) is 0 Å². The van der Waals surface area contributed by atoms with Crippen molar-refractivity contribution in [2.24, 2.45) is 0 Å². The van der Waals surface area contributed by atoms with E-state index in [0.717, 1.165) is 50.7 Å². The third kappa shape index (κ3) is 3.60. The molecule has 0 spiro atoms. The minimum Gasteiger partial charge on any atom is -0.370 e. The molecule has 1 fully saturated rings. The van der Waals surface area contributed by atoms with Crippen molar-refractivity contribution >= 4 is 11.6 Å². The quantitative estimate of drug-likeness (QED) is 0.892. The minimum atomic E-state index is 0.964. The number of anilines is 2. The summed E-state index contributed by atoms with van der Waals surface area (Å²) in [4.78, 5) is 13.8. The van der Waals surface area contributed by atoms with Crippen molar-refractivity contribution in [2.75, 3.05) is 50.0 Å². The predicted octanol–water partition coefficient (Wildman–Crippen LogP) is 2.00. The van der Waals surface area contributed by atoms with Crippen LogP contribution in [0.25, 0.3) is 0 Å². The van der Waals surface area contributed by atoms with Crippen LogP contribution in [0.5, 0.6) is 0 Å². The maximum absolute atomic E-state index is 4.56. The lowest BCUT2D eigenvalue weighted by Gasteiger charge is -2.25. The lowest BCUT2D eigenvalue weighted by Crippen LogP contribution is -2.30. The zero-order valence-corrected chi connectivity index (χ0v) is 13.0. The Hall–Kier alpha value is -1.36. The van der Waals surface area contributed by atoms with Gasteiger partial charge in [0.05, 0.1) is 0 Å². The summed E-state index contributed by atoms with van der Waals surface area (Å²) in [5.74, 6) is 2.13. The van der Waals surface area contributed by atoms with E-state index in [1.807, 2.05) is 0 Å². The molecule has 5 nitrogen and oxygen atoms in total. The Morgan fingerprint density at radius 1 is 1.15 bits per heavy atom. The highest BCUT2D eigenvalue weighted by Gasteiger charge is 2.18. The smallest absolute Gasteiger partial charge is 0.137 e. The summed E-state index contributed by atoms with van der Waals surface area (Å²) in [5, 5.41) is 3.43. The highest BCUT2D eigenvalue weighted by Crippen LogP contribution is 2.24. The van der Waals surface area contributed by atoms with E-state index in [9.17, 15) is 0 Å². The molecule has 2 rings (SSSR count). The van der Waals surface area contributed by atoms with Crippen LogP contribution in [0.1, 0.15) is 32.3 Å². The molecule has 1 aromatic rings. The fraction of sp³-hybridized carbons (Fsp3) is 0.733. The normalized spacial score (nSPS) is 17.1. The van der Waals surface area contributed by atoms with E-state index in [1.54, 1.807) is 6.33 Å². The first kappa shape index (κ1) is 15.0. The molecule has 1 aliphatic heterocycles. The molecule has 5 heteroatoms. The fourth-order valence-electron chi connectivity index (χ4n) is 2.66. The molecule has 2 heterocycles. The molecule has 0 bridgehead atoms. The Labute approximate surface area is 122 Å². The second-order valence-electron chi connectivity index (χ2n) is 5.45. The van der Waals surface area contributed by atoms with Gasteiger partial charge in [0.2, 0.25) is 0 Å². The molecule has 0 aliphatic carbocycles. The van der Waals surface area contributed by atoms with Gasteiger partial charge in [0.1, 0.15) is 18.0 Å². The SMILES string of the molecule is CCCNc1ncnc(N2CCCN(C)CC2)c1CC. The van der Waals surface area contributed by atoms with Crippen molar-refractivity contribution in [3.8, 4) is 0 Å². The highest BCUT2D eigenvalue weighted by atomic mass is 15.2. The molecule has 1 N–H and O–H groups in total. The van der Waals surface area contributed by atoms with Gasteiger partial charge < -0.3 is 15.1 Å². The molecule has 20 heavy (non-hydrogen) atoms. The van der Waals surface area contributed by atoms with E-state index in [-0.39, 0.29) is 0 Å². The van der Waals surface area contributed by atoms with E-state index in [4.69, 9.17) is 0 Å². The third-order valence-electron chi connectivity index (χ3n) is 3.84. The molecule has 0 unspecified atom stereocenters. The second-order valence-corrected chi connectivity index (χ2v) is 5.45. The van der Waals surface area contributed by atoms with E-state index in [0.29, 0.717) is 0 Å². The molecule has 1 saturated heterocycles. The average Bonchev–Trinajstić information content (AvgIpc) is 2.69. The van der Waals surface area contributed by atoms with Crippen LogP contribution in [0.4, 0.5) is 11.6 Å². The van der Waals surface area contributed by atoms with Crippen molar-refractivity contribution in [2.45, 2.75) is 33.1 Å². The maximum atomic E-state index is 4.56. The number of nitrogens with one attached hydrogen (secondary N) is 1. The highest BCUT2D eigenvalue weighted by molar-refractivity contribution is 5.58. The fourth-order valence-corrected chi connectivity index (χ4v) is 2.66. The summed E-state index contributed by atoms with van der Waals surface area (Å²) in [5.41, 5.74) is 1.26. The van der Waals surface area contributed by atoms with Gasteiger partial charge in [-0.25, -0.2) is 9.97 Å². The Kier molecular flexibility index (Phi) is 5.59. The Morgan fingerprint density at radius 3 is 2.75 bits per heavy atom. The summed E-state index contributed by atoms with van der Waals surface area (Å²) in [6.45, 7) is 9.73. The number of hydrogen-bond donors (Lipinski definition) is 1. The van der Waals surface area contributed by atoms with Crippen molar-refractivity contribution in [3.63, 3.8) is 0 Å². The maximum Gasteiger partial charge on any atom is 0.137 e. The Balaban J connectivity index is 2.21. The lowest BCUT2D eigenvalue weighted by atomic mass is 10.2. The average molecular weight is 277 g/mol. The number of hydrogen-bond acceptors (Lipinski definition) is 5. The van der Waals surface area contributed by atoms with E-state index in [1.165, 1.54) is 18.5 Å². The van der Waals surface area contributed by atoms with Crippen molar-refractivity contribution < 1.29 is 0 Å². The molecule has 1 aliphatic rings. The summed E-state index contributed by atoms with van der Waals surface area (Å²) < 4.78 is 0. The first-order valence-electron chi connectivity index (χ1n) is 7.77. The van der Waals surface area contributed by atoms with Crippen LogP contribution in [-0.2, 0) is 6.42 Å². The first-order valence-corrected chi connectivity index (χ1v) is 7.77. The van der Waals surface area contributed by atoms with Crippen LogP contribution in [0.2, 0.25) is 0 Å². The monoisotopic (exact) mass is 277 g/mol. The summed E-state index contributed by atoms with van der Waals surface area (Å²) >= 11 is 0. The standard InChI is InChI=1S/C15H27N5/c1-4-7-16-14-13(5-2)15(18-12-17-14)20-9-6-8-19(3)10-11-20/h12H,4-11H2,1-3H3,(H,16,17,18). The summed E-state index contributed by atoms with van der Waals surface area (Å²) in [7, 11) is 2.19. The predicted molar refractivity (Wildman–Crippen MR) is 84.5 cm³/mol. The van der Waals surface area contributed by atoms with Crippen molar-refractivity contribution in [1.29, 1.82) is 0 Å². The first-order chi connectivity index (χ1) is 9.76. The zero-order chi connectivity index (χ0) is 14.4. The Morgan fingerprint density at radius 2 is 2.00 bits per heavy atom. The molecule has 0 aromatic carbocycles. The van der Waals surface area contributed by atoms with E-state index >= 15 is 0 Å². The molecular weight excluding hydrogens is 250 g/mol. The number of nitrogens with zero attached hydrogens (tertiary/aromatic N) is 4. The number of aromatic nitrogens is 2. The molecule has 112 valence electrons. The summed E-state index contributed by atoms with van der Waals surface area (Å²) in [6.07, 6.45) is 4.97. The molecule has 0 atom stereocenters. The van der Waals surface area contributed by atoms with Crippen LogP contribution in [-0.4, -0.2) is 54.6 Å². The minimum absolute atomic E-state index is 0.964. The second kappa shape index (κ2) is 7.43. The van der Waals surface area contributed by atoms with E-state index < -0.39 is 0 Å². The largest absolute Gasteiger partial charge is 0.370 e. The van der Waals surface area contributed by atoms with Gasteiger partial charge in [-0.15, -0.1) is 0 Å². The van der Waals surface area contributed by atoms with Gasteiger partial charge in [-0.2, -0.15) is 0 Å².